The average molecular weight is 341 g/mol. The highest BCUT2D eigenvalue weighted by atomic mass is 32.2. The van der Waals surface area contributed by atoms with E-state index >= 15 is 0 Å². The van der Waals surface area contributed by atoms with Crippen LogP contribution in [-0.4, -0.2) is 65.2 Å². The lowest BCUT2D eigenvalue weighted by molar-refractivity contribution is -0.134. The molecule has 8 heteroatoms. The fraction of sp³-hybridized carbons (Fsp3) is 0.533. The number of hydrogen-bond donors (Lipinski definition) is 2. The molecule has 1 fully saturated rings. The summed E-state index contributed by atoms with van der Waals surface area (Å²) in [5.74, 6) is -0.0979. The van der Waals surface area contributed by atoms with E-state index in [1.807, 2.05) is 6.92 Å². The highest BCUT2D eigenvalue weighted by molar-refractivity contribution is 7.89. The van der Waals surface area contributed by atoms with Crippen LogP contribution in [0.25, 0.3) is 0 Å². The van der Waals surface area contributed by atoms with Crippen molar-refractivity contribution in [2.45, 2.75) is 17.9 Å². The second-order valence-electron chi connectivity index (χ2n) is 5.55. The number of sulfonamides is 1. The van der Waals surface area contributed by atoms with Crippen LogP contribution in [0.5, 0.6) is 0 Å². The summed E-state index contributed by atoms with van der Waals surface area (Å²) in [5.41, 5.74) is 0.997. The molecule has 23 heavy (non-hydrogen) atoms. The number of aryl methyl sites for hydroxylation is 1. The minimum absolute atomic E-state index is 0.0979. The lowest BCUT2D eigenvalue weighted by Crippen LogP contribution is -2.52. The zero-order valence-corrected chi connectivity index (χ0v) is 14.2. The number of amides is 1. The number of likely N-dealkylation sites (N-methyl/N-ethyl adjacent to an activating group) is 1. The molecule has 1 atom stereocenters. The lowest BCUT2D eigenvalue weighted by atomic mass is 10.2. The molecule has 2 N–H and O–H groups in total. The molecule has 1 aromatic rings. The molecule has 128 valence electrons. The summed E-state index contributed by atoms with van der Waals surface area (Å²) in [7, 11) is -1.90. The molecule has 7 nitrogen and oxygen atoms in total. The standard InChI is InChI=1S/C15H23N3O4S/c1-12-3-5-13(6-4-12)23(20,21)17-7-9-18(2)15(19)14-11-22-10-8-16-14/h3-6,14,16-17H,7-11H2,1-2H3. The van der Waals surface area contributed by atoms with Crippen LogP contribution in [0.1, 0.15) is 5.56 Å². The molecule has 0 aromatic heterocycles. The number of nitrogens with zero attached hydrogens (tertiary/aromatic N) is 1. The highest BCUT2D eigenvalue weighted by Gasteiger charge is 2.24. The number of morpholine rings is 1. The van der Waals surface area contributed by atoms with Gasteiger partial charge in [0.2, 0.25) is 15.9 Å². The first kappa shape index (κ1) is 17.9. The monoisotopic (exact) mass is 341 g/mol. The van der Waals surface area contributed by atoms with Gasteiger partial charge in [0.1, 0.15) is 6.04 Å². The molecule has 0 bridgehead atoms. The number of nitrogens with one attached hydrogen (secondary N) is 2. The van der Waals surface area contributed by atoms with E-state index in [-0.39, 0.29) is 23.4 Å². The van der Waals surface area contributed by atoms with Crippen LogP contribution in [0.2, 0.25) is 0 Å². The molecule has 1 aliphatic heterocycles. The van der Waals surface area contributed by atoms with Crippen molar-refractivity contribution in [2.24, 2.45) is 0 Å². The van der Waals surface area contributed by atoms with E-state index in [9.17, 15) is 13.2 Å². The average Bonchev–Trinajstić information content (AvgIpc) is 2.55. The van der Waals surface area contributed by atoms with E-state index in [0.29, 0.717) is 26.3 Å². The maximum absolute atomic E-state index is 12.2. The Morgan fingerprint density at radius 3 is 2.70 bits per heavy atom. The largest absolute Gasteiger partial charge is 0.378 e. The van der Waals surface area contributed by atoms with Crippen LogP contribution >= 0.6 is 0 Å². The Morgan fingerprint density at radius 1 is 1.39 bits per heavy atom. The van der Waals surface area contributed by atoms with Crippen molar-refractivity contribution < 1.29 is 17.9 Å². The van der Waals surface area contributed by atoms with Crippen molar-refractivity contribution >= 4 is 15.9 Å². The van der Waals surface area contributed by atoms with E-state index in [0.717, 1.165) is 5.56 Å². The van der Waals surface area contributed by atoms with Gasteiger partial charge in [0, 0.05) is 26.7 Å². The fourth-order valence-electron chi connectivity index (χ4n) is 2.25. The third kappa shape index (κ3) is 5.00. The van der Waals surface area contributed by atoms with Gasteiger partial charge in [0.05, 0.1) is 18.1 Å². The summed E-state index contributed by atoms with van der Waals surface area (Å²) in [6, 6.07) is 6.27. The second-order valence-corrected chi connectivity index (χ2v) is 7.32. The molecule has 1 aliphatic rings. The second kappa shape index (κ2) is 7.87. The Kier molecular flexibility index (Phi) is 6.11. The first-order chi connectivity index (χ1) is 10.9. The smallest absolute Gasteiger partial charge is 0.241 e. The van der Waals surface area contributed by atoms with Crippen molar-refractivity contribution in [2.75, 3.05) is 39.9 Å². The zero-order chi connectivity index (χ0) is 16.9. The molecule has 1 aromatic carbocycles. The predicted octanol–water partition coefficient (Wildman–Crippen LogP) is -0.280. The molecule has 1 saturated heterocycles. The first-order valence-corrected chi connectivity index (χ1v) is 9.01. The minimum Gasteiger partial charge on any atom is -0.378 e. The summed E-state index contributed by atoms with van der Waals surface area (Å²) < 4.78 is 32.1. The van der Waals surface area contributed by atoms with Crippen molar-refractivity contribution in [1.29, 1.82) is 0 Å². The van der Waals surface area contributed by atoms with Crippen LogP contribution in [-0.2, 0) is 19.6 Å². The predicted molar refractivity (Wildman–Crippen MR) is 86.6 cm³/mol. The van der Waals surface area contributed by atoms with Crippen LogP contribution < -0.4 is 10.0 Å². The number of carbonyl (C=O) groups excluding carboxylic acids is 1. The molecular weight excluding hydrogens is 318 g/mol. The van der Waals surface area contributed by atoms with Crippen LogP contribution in [0, 0.1) is 6.92 Å². The lowest BCUT2D eigenvalue weighted by Gasteiger charge is -2.27. The van der Waals surface area contributed by atoms with Gasteiger partial charge in [-0.05, 0) is 19.1 Å². The van der Waals surface area contributed by atoms with Gasteiger partial charge in [-0.15, -0.1) is 0 Å². The molecule has 1 heterocycles. The van der Waals surface area contributed by atoms with Crippen molar-refractivity contribution in [3.8, 4) is 0 Å². The Balaban J connectivity index is 1.83. The fourth-order valence-corrected chi connectivity index (χ4v) is 3.27. The zero-order valence-electron chi connectivity index (χ0n) is 13.4. The summed E-state index contributed by atoms with van der Waals surface area (Å²) in [6.45, 7) is 3.94. The van der Waals surface area contributed by atoms with Gasteiger partial charge in [-0.2, -0.15) is 0 Å². The van der Waals surface area contributed by atoms with Crippen molar-refractivity contribution in [1.82, 2.24) is 14.9 Å². The number of benzene rings is 1. The van der Waals surface area contributed by atoms with Gasteiger partial charge in [0.15, 0.2) is 0 Å². The number of rotatable bonds is 6. The van der Waals surface area contributed by atoms with E-state index in [1.165, 1.54) is 4.90 Å². The van der Waals surface area contributed by atoms with Crippen LogP contribution in [0.4, 0.5) is 0 Å². The van der Waals surface area contributed by atoms with E-state index in [2.05, 4.69) is 10.0 Å². The summed E-state index contributed by atoms with van der Waals surface area (Å²) >= 11 is 0. The summed E-state index contributed by atoms with van der Waals surface area (Å²) in [5, 5.41) is 3.08. The molecular formula is C15H23N3O4S. The maximum Gasteiger partial charge on any atom is 0.241 e. The molecule has 0 aliphatic carbocycles. The van der Waals surface area contributed by atoms with E-state index < -0.39 is 10.0 Å². The summed E-state index contributed by atoms with van der Waals surface area (Å²) in [4.78, 5) is 13.9. The Bertz CT molecular complexity index is 625. The number of hydrogen-bond acceptors (Lipinski definition) is 5. The molecule has 0 radical (unpaired) electrons. The van der Waals surface area contributed by atoms with E-state index in [4.69, 9.17) is 4.74 Å². The third-order valence-electron chi connectivity index (χ3n) is 3.67. The highest BCUT2D eigenvalue weighted by Crippen LogP contribution is 2.09. The third-order valence-corrected chi connectivity index (χ3v) is 5.14. The van der Waals surface area contributed by atoms with Gasteiger partial charge in [-0.3, -0.25) is 4.79 Å². The molecule has 1 amide bonds. The molecule has 0 saturated carbocycles. The van der Waals surface area contributed by atoms with Crippen molar-refractivity contribution in [3.63, 3.8) is 0 Å². The molecule has 0 spiro atoms. The number of carbonyl (C=O) groups is 1. The first-order valence-electron chi connectivity index (χ1n) is 7.52. The van der Waals surface area contributed by atoms with Crippen molar-refractivity contribution in [3.05, 3.63) is 29.8 Å². The minimum atomic E-state index is -3.55. The Morgan fingerprint density at radius 2 is 2.09 bits per heavy atom. The van der Waals surface area contributed by atoms with Gasteiger partial charge in [0.25, 0.3) is 0 Å². The van der Waals surface area contributed by atoms with Gasteiger partial charge in [-0.25, -0.2) is 13.1 Å². The summed E-state index contributed by atoms with van der Waals surface area (Å²) in [6.07, 6.45) is 0. The van der Waals surface area contributed by atoms with Gasteiger partial charge in [-0.1, -0.05) is 17.7 Å². The van der Waals surface area contributed by atoms with Crippen LogP contribution in [0.15, 0.2) is 29.2 Å². The quantitative estimate of drug-likeness (QED) is 0.743. The number of ether oxygens (including phenoxy) is 1. The topological polar surface area (TPSA) is 87.7 Å². The van der Waals surface area contributed by atoms with Gasteiger partial charge < -0.3 is 15.0 Å². The Hall–Kier alpha value is -1.48. The Labute approximate surface area is 137 Å². The van der Waals surface area contributed by atoms with Gasteiger partial charge >= 0.3 is 0 Å². The van der Waals surface area contributed by atoms with Crippen LogP contribution in [0.3, 0.4) is 0 Å². The maximum atomic E-state index is 12.2. The normalized spacial score (nSPS) is 18.6. The van der Waals surface area contributed by atoms with E-state index in [1.54, 1.807) is 31.3 Å². The molecule has 1 unspecified atom stereocenters. The SMILES string of the molecule is Cc1ccc(S(=O)(=O)NCCN(C)C(=O)C2COCCN2)cc1. The molecule has 2 rings (SSSR count).